The molecule has 14 heteroatoms. The van der Waals surface area contributed by atoms with Crippen LogP contribution in [-0.2, 0) is 33.7 Å². The Morgan fingerprint density at radius 3 is 2.43 bits per heavy atom. The summed E-state index contributed by atoms with van der Waals surface area (Å²) in [4.78, 5) is 48.0. The minimum absolute atomic E-state index is 0.0500. The van der Waals surface area contributed by atoms with Gasteiger partial charge in [-0.25, -0.2) is 18.0 Å². The molecule has 0 aliphatic rings. The summed E-state index contributed by atoms with van der Waals surface area (Å²) < 4.78 is 34.6. The number of aromatic nitrogens is 2. The van der Waals surface area contributed by atoms with Crippen molar-refractivity contribution in [2.45, 2.75) is 4.90 Å². The molecule has 0 saturated carbocycles. The third-order valence-corrected chi connectivity index (χ3v) is 6.61. The monoisotopic (exact) mass is 540 g/mol. The number of ether oxygens (including phenoxy) is 1. The molecular weight excluding hydrogens is 523 g/mol. The van der Waals surface area contributed by atoms with Crippen LogP contribution in [0.5, 0.6) is 0 Å². The maximum absolute atomic E-state index is 12.7. The predicted molar refractivity (Wildman–Crippen MR) is 130 cm³/mol. The van der Waals surface area contributed by atoms with Crippen molar-refractivity contribution in [1.29, 1.82) is 0 Å². The number of nitrogens with one attached hydrogen (secondary N) is 2. The highest BCUT2D eigenvalue weighted by Crippen LogP contribution is 2.28. The molecule has 0 atom stereocenters. The molecule has 0 fully saturated rings. The Morgan fingerprint density at radius 2 is 1.71 bits per heavy atom. The van der Waals surface area contributed by atoms with E-state index in [1.54, 1.807) is 0 Å². The molecule has 2 aromatic carbocycles. The molecule has 0 bridgehead atoms. The second kappa shape index (κ2) is 10.3. The number of sulfonamides is 1. The van der Waals surface area contributed by atoms with E-state index in [4.69, 9.17) is 27.9 Å². The molecule has 1 aromatic heterocycles. The first-order valence-electron chi connectivity index (χ1n) is 9.71. The average Bonchev–Trinajstić information content (AvgIpc) is 2.82. The lowest BCUT2D eigenvalue weighted by atomic mass is 10.2. The van der Waals surface area contributed by atoms with E-state index in [1.807, 2.05) is 0 Å². The zero-order valence-corrected chi connectivity index (χ0v) is 20.6. The first-order chi connectivity index (χ1) is 16.4. The summed E-state index contributed by atoms with van der Waals surface area (Å²) in [7, 11) is -1.51. The van der Waals surface area contributed by atoms with Crippen molar-refractivity contribution in [2.75, 3.05) is 16.6 Å². The van der Waals surface area contributed by atoms with Gasteiger partial charge in [0.2, 0.25) is 0 Å². The fourth-order valence-electron chi connectivity index (χ4n) is 2.82. The molecule has 3 rings (SSSR count). The normalized spacial score (nSPS) is 11.1. The Kier molecular flexibility index (Phi) is 7.68. The molecule has 35 heavy (non-hydrogen) atoms. The van der Waals surface area contributed by atoms with Gasteiger partial charge in [0.25, 0.3) is 21.5 Å². The summed E-state index contributed by atoms with van der Waals surface area (Å²) in [5.41, 5.74) is -1.38. The molecule has 0 unspecified atom stereocenters. The van der Waals surface area contributed by atoms with Crippen LogP contribution in [-0.4, -0.2) is 36.0 Å². The Bertz CT molecular complexity index is 1550. The summed E-state index contributed by atoms with van der Waals surface area (Å²) >= 11 is 11.9. The van der Waals surface area contributed by atoms with Crippen LogP contribution in [0, 0.1) is 0 Å². The predicted octanol–water partition coefficient (Wildman–Crippen LogP) is 1.99. The van der Waals surface area contributed by atoms with Gasteiger partial charge in [-0.3, -0.25) is 23.4 Å². The van der Waals surface area contributed by atoms with Crippen LogP contribution >= 0.6 is 23.2 Å². The largest absolute Gasteiger partial charge is 0.452 e. The van der Waals surface area contributed by atoms with Crippen molar-refractivity contribution in [1.82, 2.24) is 9.13 Å². The van der Waals surface area contributed by atoms with Crippen molar-refractivity contribution in [2.24, 2.45) is 14.1 Å². The molecule has 0 radical (unpaired) electrons. The number of hydrogen-bond donors (Lipinski definition) is 2. The molecule has 0 aliphatic carbocycles. The second-order valence-corrected chi connectivity index (χ2v) is 9.68. The van der Waals surface area contributed by atoms with E-state index in [0.29, 0.717) is 0 Å². The molecular formula is C21H18Cl2N4O7S. The van der Waals surface area contributed by atoms with Crippen LogP contribution in [0.15, 0.2) is 63.0 Å². The minimum atomic E-state index is -4.14. The standard InChI is InChI=1S/C21H18Cl2N4O7S/c1-26-17(10-19(29)27(2)21(26)31)24-18(28)11-34-20(30)12-4-3-5-14(8-12)35(32,33)25-16-9-13(22)6-7-15(16)23/h3-10,25H,11H2,1-2H3,(H,24,28). The number of halogens is 2. The highest BCUT2D eigenvalue weighted by molar-refractivity contribution is 7.92. The Morgan fingerprint density at radius 1 is 1.00 bits per heavy atom. The molecule has 2 N–H and O–H groups in total. The number of rotatable bonds is 7. The number of carbonyl (C=O) groups excluding carboxylic acids is 2. The van der Waals surface area contributed by atoms with E-state index in [-0.39, 0.29) is 32.0 Å². The number of esters is 1. The van der Waals surface area contributed by atoms with Gasteiger partial charge in [-0.15, -0.1) is 0 Å². The Hall–Kier alpha value is -3.61. The van der Waals surface area contributed by atoms with E-state index in [9.17, 15) is 27.6 Å². The van der Waals surface area contributed by atoms with E-state index < -0.39 is 39.8 Å². The molecule has 0 saturated heterocycles. The zero-order valence-electron chi connectivity index (χ0n) is 18.2. The SMILES string of the molecule is Cn1c(NC(=O)COC(=O)c2cccc(S(=O)(=O)Nc3cc(Cl)ccc3Cl)c2)cc(=O)n(C)c1=O. The first-order valence-corrected chi connectivity index (χ1v) is 11.9. The van der Waals surface area contributed by atoms with Gasteiger partial charge < -0.3 is 10.1 Å². The summed E-state index contributed by atoms with van der Waals surface area (Å²) in [5.74, 6) is -1.88. The van der Waals surface area contributed by atoms with Crippen molar-refractivity contribution >= 4 is 56.6 Å². The van der Waals surface area contributed by atoms with Gasteiger partial charge in [-0.05, 0) is 36.4 Å². The maximum atomic E-state index is 12.7. The highest BCUT2D eigenvalue weighted by atomic mass is 35.5. The smallest absolute Gasteiger partial charge is 0.338 e. The van der Waals surface area contributed by atoms with Crippen molar-refractivity contribution in [3.05, 3.63) is 85.0 Å². The van der Waals surface area contributed by atoms with Crippen LogP contribution in [0.3, 0.4) is 0 Å². The average molecular weight is 541 g/mol. The number of nitrogens with zero attached hydrogens (tertiary/aromatic N) is 2. The molecule has 0 aliphatic heterocycles. The lowest BCUT2D eigenvalue weighted by Crippen LogP contribution is -2.38. The topological polar surface area (TPSA) is 146 Å². The summed E-state index contributed by atoms with van der Waals surface area (Å²) in [6.07, 6.45) is 0. The molecule has 1 heterocycles. The lowest BCUT2D eigenvalue weighted by molar-refractivity contribution is -0.119. The summed E-state index contributed by atoms with van der Waals surface area (Å²) in [6, 6.07) is 10.2. The van der Waals surface area contributed by atoms with E-state index >= 15 is 0 Å². The van der Waals surface area contributed by atoms with Gasteiger partial charge in [0, 0.05) is 25.2 Å². The number of amides is 1. The molecule has 1 amide bonds. The third-order valence-electron chi connectivity index (χ3n) is 4.68. The molecule has 184 valence electrons. The quantitative estimate of drug-likeness (QED) is 0.435. The summed E-state index contributed by atoms with van der Waals surface area (Å²) in [5, 5.41) is 2.68. The van der Waals surface area contributed by atoms with Gasteiger partial charge in [0.1, 0.15) is 5.82 Å². The number of hydrogen-bond acceptors (Lipinski definition) is 7. The molecule has 0 spiro atoms. The van der Waals surface area contributed by atoms with Crippen LogP contribution in [0.2, 0.25) is 10.0 Å². The number of benzene rings is 2. The highest BCUT2D eigenvalue weighted by Gasteiger charge is 2.19. The number of carbonyl (C=O) groups is 2. The molecule has 3 aromatic rings. The second-order valence-electron chi connectivity index (χ2n) is 7.15. The van der Waals surface area contributed by atoms with Gasteiger partial charge in [0.05, 0.1) is 21.2 Å². The van der Waals surface area contributed by atoms with E-state index in [2.05, 4.69) is 10.0 Å². The van der Waals surface area contributed by atoms with Crippen LogP contribution in [0.1, 0.15) is 10.4 Å². The fraction of sp³-hybridized carbons (Fsp3) is 0.143. The Balaban J connectivity index is 1.70. The van der Waals surface area contributed by atoms with Crippen LogP contribution in [0.25, 0.3) is 0 Å². The maximum Gasteiger partial charge on any atom is 0.338 e. The minimum Gasteiger partial charge on any atom is -0.452 e. The number of anilines is 2. The van der Waals surface area contributed by atoms with E-state index in [1.165, 1.54) is 50.5 Å². The third kappa shape index (κ3) is 6.10. The van der Waals surface area contributed by atoms with Gasteiger partial charge in [-0.1, -0.05) is 29.3 Å². The fourth-order valence-corrected chi connectivity index (χ4v) is 4.32. The molecule has 11 nitrogen and oxygen atoms in total. The van der Waals surface area contributed by atoms with Crippen molar-refractivity contribution in [3.8, 4) is 0 Å². The van der Waals surface area contributed by atoms with Crippen molar-refractivity contribution in [3.63, 3.8) is 0 Å². The van der Waals surface area contributed by atoms with Crippen LogP contribution < -0.4 is 21.3 Å². The Labute approximate surface area is 208 Å². The first kappa shape index (κ1) is 26.0. The van der Waals surface area contributed by atoms with Gasteiger partial charge in [0.15, 0.2) is 6.61 Å². The van der Waals surface area contributed by atoms with E-state index in [0.717, 1.165) is 21.3 Å². The summed E-state index contributed by atoms with van der Waals surface area (Å²) in [6.45, 7) is -0.754. The lowest BCUT2D eigenvalue weighted by Gasteiger charge is -2.12. The zero-order chi connectivity index (χ0) is 25.9. The van der Waals surface area contributed by atoms with Gasteiger partial charge >= 0.3 is 11.7 Å². The van der Waals surface area contributed by atoms with Gasteiger partial charge in [-0.2, -0.15) is 0 Å². The van der Waals surface area contributed by atoms with Crippen molar-refractivity contribution < 1.29 is 22.7 Å². The van der Waals surface area contributed by atoms with Crippen LogP contribution in [0.4, 0.5) is 11.5 Å².